The second kappa shape index (κ2) is 6.50. The smallest absolute Gasteiger partial charge is 0.141 e. The summed E-state index contributed by atoms with van der Waals surface area (Å²) in [6.45, 7) is 0.602. The molecule has 0 aliphatic rings. The molecule has 0 spiro atoms. The molecule has 19 heavy (non-hydrogen) atoms. The van der Waals surface area contributed by atoms with Crippen LogP contribution in [0.5, 0.6) is 11.5 Å². The highest BCUT2D eigenvalue weighted by Crippen LogP contribution is 2.31. The molecule has 5 heteroatoms. The van der Waals surface area contributed by atoms with Crippen LogP contribution in [0.15, 0.2) is 45.3 Å². The summed E-state index contributed by atoms with van der Waals surface area (Å²) in [6, 6.07) is 10.4. The summed E-state index contributed by atoms with van der Waals surface area (Å²) in [5, 5.41) is 0. The highest BCUT2D eigenvalue weighted by atomic mass is 79.9. The third kappa shape index (κ3) is 3.78. The fourth-order valence-electron chi connectivity index (χ4n) is 1.62. The van der Waals surface area contributed by atoms with Gasteiger partial charge in [0, 0.05) is 6.07 Å². The molecule has 0 heterocycles. The maximum Gasteiger partial charge on any atom is 0.141 e. The Morgan fingerprint density at radius 3 is 2.47 bits per heavy atom. The molecule has 0 aliphatic heterocycles. The quantitative estimate of drug-likeness (QED) is 0.827. The van der Waals surface area contributed by atoms with Gasteiger partial charge in [0.2, 0.25) is 0 Å². The van der Waals surface area contributed by atoms with Gasteiger partial charge in [-0.1, -0.05) is 6.07 Å². The van der Waals surface area contributed by atoms with Crippen LogP contribution in [0.2, 0.25) is 0 Å². The maximum absolute atomic E-state index is 13.4. The summed E-state index contributed by atoms with van der Waals surface area (Å²) in [4.78, 5) is 0. The fraction of sp³-hybridized carbons (Fsp3) is 0.143. The number of hydrogen-bond donors (Lipinski definition) is 1. The zero-order valence-corrected chi connectivity index (χ0v) is 13.2. The van der Waals surface area contributed by atoms with E-state index in [1.165, 1.54) is 6.07 Å². The van der Waals surface area contributed by atoms with E-state index in [9.17, 15) is 4.39 Å². The van der Waals surface area contributed by atoms with E-state index in [4.69, 9.17) is 10.5 Å². The van der Waals surface area contributed by atoms with Gasteiger partial charge in [0.25, 0.3) is 0 Å². The molecule has 0 aromatic heterocycles. The molecule has 2 nitrogen and oxygen atoms in total. The molecule has 2 aromatic carbocycles. The van der Waals surface area contributed by atoms with Crippen molar-refractivity contribution in [3.8, 4) is 11.5 Å². The van der Waals surface area contributed by atoms with E-state index in [0.717, 1.165) is 16.5 Å². The first-order valence-corrected chi connectivity index (χ1v) is 7.30. The lowest BCUT2D eigenvalue weighted by molar-refractivity contribution is 0.473. The summed E-state index contributed by atoms with van der Waals surface area (Å²) < 4.78 is 20.3. The van der Waals surface area contributed by atoms with Crippen molar-refractivity contribution in [2.45, 2.75) is 6.42 Å². The largest absolute Gasteiger partial charge is 0.456 e. The van der Waals surface area contributed by atoms with Gasteiger partial charge >= 0.3 is 0 Å². The molecule has 0 unspecified atom stereocenters. The van der Waals surface area contributed by atoms with Crippen molar-refractivity contribution >= 4 is 31.9 Å². The second-order valence-electron chi connectivity index (χ2n) is 3.98. The summed E-state index contributed by atoms with van der Waals surface area (Å²) in [5.41, 5.74) is 6.64. The van der Waals surface area contributed by atoms with Crippen LogP contribution in [0.25, 0.3) is 0 Å². The molecule has 0 amide bonds. The molecule has 0 atom stereocenters. The average Bonchev–Trinajstić information content (AvgIpc) is 2.37. The predicted octanol–water partition coefficient (Wildman–Crippen LogP) is 4.64. The highest BCUT2D eigenvalue weighted by Gasteiger charge is 2.06. The van der Waals surface area contributed by atoms with E-state index in [1.807, 2.05) is 18.2 Å². The zero-order valence-electron chi connectivity index (χ0n) is 10.00. The molecule has 0 saturated heterocycles. The molecule has 0 bridgehead atoms. The molecule has 0 saturated carbocycles. The average molecular weight is 389 g/mol. The maximum atomic E-state index is 13.4. The molecule has 2 aromatic rings. The molecular weight excluding hydrogens is 377 g/mol. The van der Waals surface area contributed by atoms with E-state index in [0.29, 0.717) is 22.5 Å². The highest BCUT2D eigenvalue weighted by molar-refractivity contribution is 9.10. The van der Waals surface area contributed by atoms with E-state index in [1.54, 1.807) is 12.1 Å². The number of rotatable bonds is 4. The number of benzene rings is 2. The lowest BCUT2D eigenvalue weighted by atomic mass is 10.1. The fourth-order valence-corrected chi connectivity index (χ4v) is 2.37. The first-order chi connectivity index (χ1) is 9.10. The van der Waals surface area contributed by atoms with Gasteiger partial charge in [-0.05, 0) is 74.7 Å². The van der Waals surface area contributed by atoms with Gasteiger partial charge in [-0.2, -0.15) is 0 Å². The van der Waals surface area contributed by atoms with Crippen LogP contribution in [0.3, 0.4) is 0 Å². The van der Waals surface area contributed by atoms with E-state index >= 15 is 0 Å². The minimum Gasteiger partial charge on any atom is -0.456 e. The van der Waals surface area contributed by atoms with Gasteiger partial charge in [-0.15, -0.1) is 0 Å². The first kappa shape index (κ1) is 14.5. The van der Waals surface area contributed by atoms with Crippen molar-refractivity contribution in [2.24, 2.45) is 5.73 Å². The standard InChI is InChI=1S/C14H12Br2FNO/c15-11-3-2-10(8-13(11)17)19-14-4-1-9(5-6-18)7-12(14)16/h1-4,7-8H,5-6,18H2. The Balaban J connectivity index is 2.20. The van der Waals surface area contributed by atoms with Crippen LogP contribution in [0, 0.1) is 5.82 Å². The minimum absolute atomic E-state index is 0.353. The van der Waals surface area contributed by atoms with Crippen molar-refractivity contribution in [1.29, 1.82) is 0 Å². The number of hydrogen-bond acceptors (Lipinski definition) is 2. The third-order valence-corrected chi connectivity index (χ3v) is 3.81. The number of nitrogens with two attached hydrogens (primary N) is 1. The topological polar surface area (TPSA) is 35.2 Å². The Hall–Kier alpha value is -0.910. The lowest BCUT2D eigenvalue weighted by Crippen LogP contribution is -2.02. The van der Waals surface area contributed by atoms with Crippen molar-refractivity contribution in [3.63, 3.8) is 0 Å². The van der Waals surface area contributed by atoms with Crippen LogP contribution in [0.4, 0.5) is 4.39 Å². The minimum atomic E-state index is -0.353. The van der Waals surface area contributed by atoms with Gasteiger partial charge in [0.1, 0.15) is 17.3 Å². The third-order valence-electron chi connectivity index (χ3n) is 2.55. The summed E-state index contributed by atoms with van der Waals surface area (Å²) >= 11 is 6.54. The van der Waals surface area contributed by atoms with Gasteiger partial charge in [0.15, 0.2) is 0 Å². The Morgan fingerprint density at radius 1 is 1.05 bits per heavy atom. The molecular formula is C14H12Br2FNO. The van der Waals surface area contributed by atoms with Crippen LogP contribution >= 0.6 is 31.9 Å². The first-order valence-electron chi connectivity index (χ1n) is 5.71. The number of halogens is 3. The Bertz CT molecular complexity index is 590. The number of ether oxygens (including phenoxy) is 1. The van der Waals surface area contributed by atoms with Crippen molar-refractivity contribution < 1.29 is 9.13 Å². The summed E-state index contributed by atoms with van der Waals surface area (Å²) in [5.74, 6) is 0.740. The molecule has 0 aliphatic carbocycles. The van der Waals surface area contributed by atoms with Crippen LogP contribution < -0.4 is 10.5 Å². The van der Waals surface area contributed by atoms with E-state index < -0.39 is 0 Å². The van der Waals surface area contributed by atoms with Crippen molar-refractivity contribution in [3.05, 3.63) is 56.7 Å². The Kier molecular flexibility index (Phi) is 4.96. The normalized spacial score (nSPS) is 10.5. The van der Waals surface area contributed by atoms with Crippen LogP contribution in [0.1, 0.15) is 5.56 Å². The summed E-state index contributed by atoms with van der Waals surface area (Å²) in [6.07, 6.45) is 0.811. The van der Waals surface area contributed by atoms with Crippen LogP contribution in [-0.4, -0.2) is 6.54 Å². The molecule has 2 rings (SSSR count). The molecule has 2 N–H and O–H groups in total. The SMILES string of the molecule is NCCc1ccc(Oc2ccc(Br)c(F)c2)c(Br)c1. The molecule has 0 fully saturated rings. The van der Waals surface area contributed by atoms with E-state index in [2.05, 4.69) is 31.9 Å². The van der Waals surface area contributed by atoms with Crippen molar-refractivity contribution in [2.75, 3.05) is 6.54 Å². The monoisotopic (exact) mass is 387 g/mol. The summed E-state index contributed by atoms with van der Waals surface area (Å²) in [7, 11) is 0. The molecule has 0 radical (unpaired) electrons. The van der Waals surface area contributed by atoms with Crippen LogP contribution in [-0.2, 0) is 6.42 Å². The zero-order chi connectivity index (χ0) is 13.8. The molecule has 100 valence electrons. The Morgan fingerprint density at radius 2 is 1.84 bits per heavy atom. The van der Waals surface area contributed by atoms with Gasteiger partial charge in [-0.25, -0.2) is 4.39 Å². The Labute approximate surface area is 128 Å². The second-order valence-corrected chi connectivity index (χ2v) is 5.69. The van der Waals surface area contributed by atoms with Gasteiger partial charge < -0.3 is 10.5 Å². The van der Waals surface area contributed by atoms with Gasteiger partial charge in [-0.3, -0.25) is 0 Å². The lowest BCUT2D eigenvalue weighted by Gasteiger charge is -2.09. The van der Waals surface area contributed by atoms with Gasteiger partial charge in [0.05, 0.1) is 8.95 Å². The van der Waals surface area contributed by atoms with Crippen molar-refractivity contribution in [1.82, 2.24) is 0 Å². The van der Waals surface area contributed by atoms with E-state index in [-0.39, 0.29) is 5.82 Å². The predicted molar refractivity (Wildman–Crippen MR) is 81.1 cm³/mol.